The maximum Gasteiger partial charge on any atom is 0.254 e. The summed E-state index contributed by atoms with van der Waals surface area (Å²) in [7, 11) is -3.57. The molecule has 0 bridgehead atoms. The fourth-order valence-electron chi connectivity index (χ4n) is 4.93. The average Bonchev–Trinajstić information content (AvgIpc) is 3.23. The van der Waals surface area contributed by atoms with E-state index in [0.717, 1.165) is 18.5 Å². The fraction of sp³-hybridized carbons (Fsp3) is 0.625. The quantitative estimate of drug-likeness (QED) is 0.369. The highest BCUT2D eigenvalue weighted by Crippen LogP contribution is 2.38. The van der Waals surface area contributed by atoms with Gasteiger partial charge in [0, 0.05) is 18.7 Å². The van der Waals surface area contributed by atoms with Crippen LogP contribution < -0.4 is 16.8 Å². The summed E-state index contributed by atoms with van der Waals surface area (Å²) in [5, 5.41) is 2.48. The zero-order chi connectivity index (χ0) is 24.9. The van der Waals surface area contributed by atoms with E-state index in [1.165, 1.54) is 39.0 Å². The molecule has 3 atom stereocenters. The lowest BCUT2D eigenvalue weighted by molar-refractivity contribution is -0.133. The van der Waals surface area contributed by atoms with Crippen molar-refractivity contribution in [3.63, 3.8) is 0 Å². The molecule has 1 saturated carbocycles. The Kier molecular flexibility index (Phi) is 8.83. The molecule has 1 aliphatic carbocycles. The van der Waals surface area contributed by atoms with Crippen molar-refractivity contribution >= 4 is 27.7 Å². The fourth-order valence-corrected chi connectivity index (χ4v) is 5.47. The SMILES string of the molecule is CCS(=O)(=O)N=C(N)c1ccc(CN2CC(C3CCCCC3)C[C@H]2C(=O)NC(=O)[C@H](C)N)cc1. The van der Waals surface area contributed by atoms with Gasteiger partial charge in [-0.15, -0.1) is 4.40 Å². The number of carbonyl (C=O) groups excluding carboxylic acids is 2. The Morgan fingerprint density at radius 1 is 1.15 bits per heavy atom. The Labute approximate surface area is 202 Å². The highest BCUT2D eigenvalue weighted by Gasteiger charge is 2.40. The van der Waals surface area contributed by atoms with Crippen LogP contribution in [-0.2, 0) is 26.2 Å². The van der Waals surface area contributed by atoms with Gasteiger partial charge in [0.1, 0.15) is 5.84 Å². The van der Waals surface area contributed by atoms with Crippen LogP contribution in [0, 0.1) is 11.8 Å². The predicted molar refractivity (Wildman–Crippen MR) is 132 cm³/mol. The van der Waals surface area contributed by atoms with Gasteiger partial charge in [-0.05, 0) is 37.7 Å². The van der Waals surface area contributed by atoms with Crippen LogP contribution >= 0.6 is 0 Å². The lowest BCUT2D eigenvalue weighted by Crippen LogP contribution is -2.49. The lowest BCUT2D eigenvalue weighted by atomic mass is 9.79. The topological polar surface area (TPSA) is 148 Å². The molecule has 5 N–H and O–H groups in total. The van der Waals surface area contributed by atoms with Gasteiger partial charge < -0.3 is 11.5 Å². The molecule has 10 heteroatoms. The number of nitrogens with one attached hydrogen (secondary N) is 1. The second-order valence-electron chi connectivity index (χ2n) is 9.53. The van der Waals surface area contributed by atoms with E-state index in [2.05, 4.69) is 14.6 Å². The van der Waals surface area contributed by atoms with Gasteiger partial charge >= 0.3 is 0 Å². The lowest BCUT2D eigenvalue weighted by Gasteiger charge is -2.27. The first kappa shape index (κ1) is 26.3. The number of nitrogens with two attached hydrogens (primary N) is 2. The molecule has 0 aromatic heterocycles. The highest BCUT2D eigenvalue weighted by atomic mass is 32.2. The Morgan fingerprint density at radius 2 is 1.79 bits per heavy atom. The largest absolute Gasteiger partial charge is 0.383 e. The average molecular weight is 492 g/mol. The van der Waals surface area contributed by atoms with Crippen LogP contribution in [0.1, 0.15) is 63.5 Å². The maximum atomic E-state index is 13.0. The number of sulfonamides is 1. The van der Waals surface area contributed by atoms with E-state index in [0.29, 0.717) is 23.9 Å². The third-order valence-electron chi connectivity index (χ3n) is 6.95. The summed E-state index contributed by atoms with van der Waals surface area (Å²) in [5.74, 6) is 0.113. The van der Waals surface area contributed by atoms with Crippen LogP contribution in [0.4, 0.5) is 0 Å². The maximum absolute atomic E-state index is 13.0. The third-order valence-corrected chi connectivity index (χ3v) is 8.16. The molecule has 1 aromatic carbocycles. The van der Waals surface area contributed by atoms with E-state index in [9.17, 15) is 18.0 Å². The number of benzene rings is 1. The summed E-state index contributed by atoms with van der Waals surface area (Å²) in [6.45, 7) is 4.41. The third kappa shape index (κ3) is 6.86. The number of amides is 2. The zero-order valence-corrected chi connectivity index (χ0v) is 20.9. The molecule has 2 aliphatic rings. The van der Waals surface area contributed by atoms with Crippen LogP contribution in [0.5, 0.6) is 0 Å². The van der Waals surface area contributed by atoms with Gasteiger partial charge in [0.2, 0.25) is 11.8 Å². The van der Waals surface area contributed by atoms with Gasteiger partial charge in [0.05, 0.1) is 17.8 Å². The van der Waals surface area contributed by atoms with E-state index in [1.807, 2.05) is 12.1 Å². The van der Waals surface area contributed by atoms with Crippen molar-refractivity contribution in [1.29, 1.82) is 0 Å². The number of imide groups is 1. The summed E-state index contributed by atoms with van der Waals surface area (Å²) in [6.07, 6.45) is 6.87. The first-order chi connectivity index (χ1) is 16.1. The smallest absolute Gasteiger partial charge is 0.254 e. The predicted octanol–water partition coefficient (Wildman–Crippen LogP) is 1.50. The molecule has 1 aliphatic heterocycles. The van der Waals surface area contributed by atoms with Crippen molar-refractivity contribution < 1.29 is 18.0 Å². The molecule has 1 unspecified atom stereocenters. The molecule has 3 rings (SSSR count). The van der Waals surface area contributed by atoms with Crippen LogP contribution in [0.3, 0.4) is 0 Å². The van der Waals surface area contributed by atoms with Gasteiger partial charge in [-0.1, -0.05) is 56.4 Å². The van der Waals surface area contributed by atoms with Crippen LogP contribution in [0.2, 0.25) is 0 Å². The van der Waals surface area contributed by atoms with Gasteiger partial charge in [-0.2, -0.15) is 0 Å². The molecule has 9 nitrogen and oxygen atoms in total. The number of hydrogen-bond donors (Lipinski definition) is 3. The molecule has 188 valence electrons. The number of likely N-dealkylation sites (tertiary alicyclic amines) is 1. The van der Waals surface area contributed by atoms with Gasteiger partial charge in [-0.25, -0.2) is 8.42 Å². The molecule has 0 radical (unpaired) electrons. The molecule has 2 amide bonds. The Bertz CT molecular complexity index is 1000. The molecule has 1 saturated heterocycles. The first-order valence-electron chi connectivity index (χ1n) is 12.1. The number of rotatable bonds is 8. The van der Waals surface area contributed by atoms with Crippen molar-refractivity contribution in [3.05, 3.63) is 35.4 Å². The van der Waals surface area contributed by atoms with Gasteiger partial charge in [-0.3, -0.25) is 19.8 Å². The number of amidine groups is 1. The van der Waals surface area contributed by atoms with Crippen molar-refractivity contribution in [2.24, 2.45) is 27.7 Å². The van der Waals surface area contributed by atoms with E-state index in [-0.39, 0.29) is 17.5 Å². The zero-order valence-electron chi connectivity index (χ0n) is 20.1. The number of carbonyl (C=O) groups is 2. The van der Waals surface area contributed by atoms with Crippen LogP contribution in [0.15, 0.2) is 28.7 Å². The summed E-state index contributed by atoms with van der Waals surface area (Å²) >= 11 is 0. The molecule has 34 heavy (non-hydrogen) atoms. The highest BCUT2D eigenvalue weighted by molar-refractivity contribution is 7.90. The second kappa shape index (κ2) is 11.4. The first-order valence-corrected chi connectivity index (χ1v) is 13.7. The van der Waals surface area contributed by atoms with E-state index in [4.69, 9.17) is 11.5 Å². The van der Waals surface area contributed by atoms with E-state index in [1.54, 1.807) is 19.1 Å². The molecular weight excluding hydrogens is 454 g/mol. The standard InChI is InChI=1S/C24H37N5O4S/c1-3-34(32,33)28-22(26)19-11-9-17(10-12-19)14-29-15-20(18-7-5-4-6-8-18)13-21(29)24(31)27-23(30)16(2)25/h9-12,16,18,20-21H,3-8,13-15,25H2,1-2H3,(H2,26,28)(H,27,30,31)/t16-,20?,21-/m0/s1. The molecule has 0 spiro atoms. The second-order valence-corrected chi connectivity index (χ2v) is 11.4. The monoisotopic (exact) mass is 491 g/mol. The molecule has 1 aromatic rings. The summed E-state index contributed by atoms with van der Waals surface area (Å²) < 4.78 is 27.1. The summed E-state index contributed by atoms with van der Waals surface area (Å²) in [4.78, 5) is 27.2. The minimum Gasteiger partial charge on any atom is -0.383 e. The Morgan fingerprint density at radius 3 is 2.38 bits per heavy atom. The van der Waals surface area contributed by atoms with Crippen molar-refractivity contribution in [2.45, 2.75) is 71.0 Å². The Hall–Kier alpha value is -2.30. The van der Waals surface area contributed by atoms with Gasteiger partial charge in [0.15, 0.2) is 0 Å². The number of hydrogen-bond acceptors (Lipinski definition) is 6. The van der Waals surface area contributed by atoms with Gasteiger partial charge in [0.25, 0.3) is 10.0 Å². The molecular formula is C24H37N5O4S. The van der Waals surface area contributed by atoms with Crippen LogP contribution in [0.25, 0.3) is 0 Å². The van der Waals surface area contributed by atoms with E-state index < -0.39 is 28.0 Å². The Balaban J connectivity index is 1.74. The number of nitrogens with zero attached hydrogens (tertiary/aromatic N) is 2. The summed E-state index contributed by atoms with van der Waals surface area (Å²) in [5.41, 5.74) is 13.0. The van der Waals surface area contributed by atoms with Crippen molar-refractivity contribution in [1.82, 2.24) is 10.2 Å². The van der Waals surface area contributed by atoms with E-state index >= 15 is 0 Å². The minimum atomic E-state index is -3.57. The van der Waals surface area contributed by atoms with Crippen molar-refractivity contribution in [2.75, 3.05) is 12.3 Å². The molecule has 2 fully saturated rings. The molecule has 1 heterocycles. The van der Waals surface area contributed by atoms with Crippen molar-refractivity contribution in [3.8, 4) is 0 Å². The summed E-state index contributed by atoms with van der Waals surface area (Å²) in [6, 6.07) is 6.07. The minimum absolute atomic E-state index is 0.0430. The van der Waals surface area contributed by atoms with Crippen LogP contribution in [-0.4, -0.2) is 55.3 Å². The normalized spacial score (nSPS) is 23.6.